The molecule has 1 unspecified atom stereocenters. The van der Waals surface area contributed by atoms with Crippen molar-refractivity contribution in [2.75, 3.05) is 0 Å². The number of rotatable bonds is 9. The van der Waals surface area contributed by atoms with Crippen LogP contribution in [0, 0.1) is 0 Å². The monoisotopic (exact) mass is 332 g/mol. The minimum Gasteiger partial charge on any atom is -0.176 e. The molecule has 4 heteroatoms. The van der Waals surface area contributed by atoms with Gasteiger partial charge in [-0.05, 0) is 28.8 Å². The number of aromatic nitrogens is 2. The van der Waals surface area contributed by atoms with E-state index in [1.54, 1.807) is 0 Å². The third kappa shape index (κ3) is 4.61. The van der Waals surface area contributed by atoms with Crippen LogP contribution in [-0.2, 0) is 5.41 Å². The number of unbranched alkanes of at least 4 members (excludes halogenated alkanes) is 4. The van der Waals surface area contributed by atoms with Gasteiger partial charge in [0.15, 0.2) is 0 Å². The Morgan fingerprint density at radius 1 is 1.00 bits per heavy atom. The fourth-order valence-electron chi connectivity index (χ4n) is 2.41. The molecule has 1 rings (SSSR count). The summed E-state index contributed by atoms with van der Waals surface area (Å²) in [6.45, 7) is 6.87. The van der Waals surface area contributed by atoms with E-state index in [2.05, 4.69) is 45.4 Å². The Morgan fingerprint density at radius 2 is 1.67 bits per heavy atom. The molecule has 0 N–H and O–H groups in total. The molecule has 0 aliphatic rings. The summed E-state index contributed by atoms with van der Waals surface area (Å²) in [5, 5.41) is 0. The summed E-state index contributed by atoms with van der Waals surface area (Å²) in [5.41, 5.74) is 1.38. The average Bonchev–Trinajstić information content (AvgIpc) is 2.79. The van der Waals surface area contributed by atoms with Crippen LogP contribution in [0.25, 0.3) is 0 Å². The summed E-state index contributed by atoms with van der Waals surface area (Å²) >= 11 is 4.88. The van der Waals surface area contributed by atoms with Gasteiger partial charge in [0.1, 0.15) is 4.60 Å². The molecular formula is C14H25BrN2S. The van der Waals surface area contributed by atoms with Crippen molar-refractivity contribution in [1.29, 1.82) is 0 Å². The van der Waals surface area contributed by atoms with Gasteiger partial charge >= 0.3 is 0 Å². The van der Waals surface area contributed by atoms with E-state index in [4.69, 9.17) is 0 Å². The predicted octanol–water partition coefficient (Wildman–Crippen LogP) is 5.72. The molecule has 104 valence electrons. The molecule has 0 amide bonds. The highest BCUT2D eigenvalue weighted by Gasteiger charge is 2.30. The van der Waals surface area contributed by atoms with Gasteiger partial charge < -0.3 is 0 Å². The summed E-state index contributed by atoms with van der Waals surface area (Å²) in [7, 11) is 0. The maximum atomic E-state index is 4.52. The van der Waals surface area contributed by atoms with Crippen molar-refractivity contribution in [1.82, 2.24) is 8.75 Å². The van der Waals surface area contributed by atoms with Crippen LogP contribution in [0.2, 0.25) is 0 Å². The highest BCUT2D eigenvalue weighted by molar-refractivity contribution is 9.10. The smallest absolute Gasteiger partial charge is 0.143 e. The van der Waals surface area contributed by atoms with Crippen LogP contribution < -0.4 is 0 Å². The average molecular weight is 333 g/mol. The molecule has 0 saturated heterocycles. The number of nitrogens with zero attached hydrogens (tertiary/aromatic N) is 2. The maximum Gasteiger partial charge on any atom is 0.143 e. The number of hydrogen-bond acceptors (Lipinski definition) is 3. The normalized spacial score (nSPS) is 14.7. The Morgan fingerprint density at radius 3 is 2.22 bits per heavy atom. The summed E-state index contributed by atoms with van der Waals surface area (Å²) < 4.78 is 9.77. The van der Waals surface area contributed by atoms with Gasteiger partial charge in [-0.15, -0.1) is 0 Å². The lowest BCUT2D eigenvalue weighted by molar-refractivity contribution is 0.360. The Kier molecular flexibility index (Phi) is 7.38. The van der Waals surface area contributed by atoms with Gasteiger partial charge in [0, 0.05) is 5.41 Å². The molecule has 2 nitrogen and oxygen atoms in total. The van der Waals surface area contributed by atoms with Crippen LogP contribution in [0.1, 0.15) is 77.8 Å². The number of hydrogen-bond donors (Lipinski definition) is 0. The van der Waals surface area contributed by atoms with E-state index >= 15 is 0 Å². The van der Waals surface area contributed by atoms with Crippen LogP contribution in [-0.4, -0.2) is 8.75 Å². The third-order valence-electron chi connectivity index (χ3n) is 3.68. The molecule has 0 spiro atoms. The van der Waals surface area contributed by atoms with Crippen LogP contribution in [0.3, 0.4) is 0 Å². The summed E-state index contributed by atoms with van der Waals surface area (Å²) in [6.07, 6.45) is 10.3. The molecule has 1 heterocycles. The molecule has 0 aromatic carbocycles. The minimum atomic E-state index is 0.204. The predicted molar refractivity (Wildman–Crippen MR) is 83.2 cm³/mol. The molecule has 1 atom stereocenters. The fourth-order valence-corrected chi connectivity index (χ4v) is 3.87. The summed E-state index contributed by atoms with van der Waals surface area (Å²) in [5.74, 6) is 0. The Hall–Kier alpha value is 0.0400. The van der Waals surface area contributed by atoms with E-state index in [0.717, 1.165) is 4.60 Å². The minimum absolute atomic E-state index is 0.204. The molecule has 0 radical (unpaired) electrons. The van der Waals surface area contributed by atoms with E-state index in [0.29, 0.717) is 0 Å². The molecule has 0 fully saturated rings. The van der Waals surface area contributed by atoms with Crippen molar-refractivity contribution in [2.24, 2.45) is 0 Å². The molecule has 0 aliphatic heterocycles. The molecule has 1 aromatic heterocycles. The molecule has 0 aliphatic carbocycles. The van der Waals surface area contributed by atoms with Crippen molar-refractivity contribution in [3.63, 3.8) is 0 Å². The van der Waals surface area contributed by atoms with Gasteiger partial charge in [0.25, 0.3) is 0 Å². The topological polar surface area (TPSA) is 25.8 Å². The lowest BCUT2D eigenvalue weighted by Gasteiger charge is -2.28. The Balaban J connectivity index is 2.66. The van der Waals surface area contributed by atoms with Crippen molar-refractivity contribution < 1.29 is 0 Å². The van der Waals surface area contributed by atoms with Gasteiger partial charge in [-0.25, -0.2) is 0 Å². The van der Waals surface area contributed by atoms with Gasteiger partial charge in [-0.1, -0.05) is 59.3 Å². The van der Waals surface area contributed by atoms with E-state index in [1.807, 2.05) is 0 Å². The lowest BCUT2D eigenvalue weighted by atomic mass is 9.77. The molecule has 18 heavy (non-hydrogen) atoms. The second-order valence-electron chi connectivity index (χ2n) is 5.38. The number of halogens is 1. The third-order valence-corrected chi connectivity index (χ3v) is 5.00. The Labute approximate surface area is 124 Å². The first-order chi connectivity index (χ1) is 8.64. The van der Waals surface area contributed by atoms with Crippen LogP contribution in [0.15, 0.2) is 4.60 Å². The van der Waals surface area contributed by atoms with Gasteiger partial charge in [0.05, 0.1) is 17.4 Å². The molecule has 0 bridgehead atoms. The van der Waals surface area contributed by atoms with Gasteiger partial charge in [0.2, 0.25) is 0 Å². The van der Waals surface area contributed by atoms with Crippen LogP contribution in [0.5, 0.6) is 0 Å². The standard InChI is InChI=1S/C14H25BrN2S/c1-4-6-8-9-11-14(3,10-7-5-2)12-13(15)17-18-16-12/h4-11H2,1-3H3. The first-order valence-electron chi connectivity index (χ1n) is 7.12. The van der Waals surface area contributed by atoms with Crippen molar-refractivity contribution in [3.05, 3.63) is 10.3 Å². The molecule has 0 saturated carbocycles. The largest absolute Gasteiger partial charge is 0.176 e. The first kappa shape index (κ1) is 16.1. The van der Waals surface area contributed by atoms with Crippen LogP contribution >= 0.6 is 27.7 Å². The zero-order valence-electron chi connectivity index (χ0n) is 11.8. The van der Waals surface area contributed by atoms with Gasteiger partial charge in [-0.3, -0.25) is 0 Å². The van der Waals surface area contributed by atoms with Gasteiger partial charge in [-0.2, -0.15) is 8.75 Å². The second kappa shape index (κ2) is 8.26. The second-order valence-corrected chi connectivity index (χ2v) is 6.66. The SMILES string of the molecule is CCCCCCC(C)(CCCC)c1nsnc1Br. The molecule has 1 aromatic rings. The van der Waals surface area contributed by atoms with E-state index in [-0.39, 0.29) is 5.41 Å². The zero-order chi connectivity index (χ0) is 13.4. The highest BCUT2D eigenvalue weighted by atomic mass is 79.9. The van der Waals surface area contributed by atoms with Crippen LogP contribution in [0.4, 0.5) is 0 Å². The quantitative estimate of drug-likeness (QED) is 0.540. The maximum absolute atomic E-state index is 4.52. The fraction of sp³-hybridized carbons (Fsp3) is 0.857. The zero-order valence-corrected chi connectivity index (χ0v) is 14.2. The van der Waals surface area contributed by atoms with Crippen molar-refractivity contribution >= 4 is 27.7 Å². The van der Waals surface area contributed by atoms with E-state index < -0.39 is 0 Å². The van der Waals surface area contributed by atoms with Crippen molar-refractivity contribution in [3.8, 4) is 0 Å². The van der Waals surface area contributed by atoms with E-state index in [9.17, 15) is 0 Å². The van der Waals surface area contributed by atoms with E-state index in [1.165, 1.54) is 68.8 Å². The first-order valence-corrected chi connectivity index (χ1v) is 8.65. The Bertz CT molecular complexity index is 340. The molecular weight excluding hydrogens is 308 g/mol. The lowest BCUT2D eigenvalue weighted by Crippen LogP contribution is -2.23. The highest BCUT2D eigenvalue weighted by Crippen LogP contribution is 2.37. The summed E-state index contributed by atoms with van der Waals surface area (Å²) in [4.78, 5) is 0. The van der Waals surface area contributed by atoms with Crippen molar-refractivity contribution in [2.45, 2.75) is 77.6 Å². The summed E-state index contributed by atoms with van der Waals surface area (Å²) in [6, 6.07) is 0.